The first-order valence-corrected chi connectivity index (χ1v) is 6.08. The fourth-order valence-electron chi connectivity index (χ4n) is 1.30. The number of hydroxylamine groups is 1. The predicted octanol–water partition coefficient (Wildman–Crippen LogP) is -0.529. The largest absolute Gasteiger partial charge is 0.480 e. The summed E-state index contributed by atoms with van der Waals surface area (Å²) in [5.41, 5.74) is 7.26. The molecule has 19 heavy (non-hydrogen) atoms. The van der Waals surface area contributed by atoms with Gasteiger partial charge in [0.05, 0.1) is 6.04 Å². The first kappa shape index (κ1) is 17.3. The molecule has 0 rings (SSSR count). The molecule has 0 heterocycles. The van der Waals surface area contributed by atoms with E-state index >= 15 is 0 Å². The maximum Gasteiger partial charge on any atom is 0.326 e. The molecule has 0 aliphatic rings. The number of aliphatic carboxylic acids is 1. The van der Waals surface area contributed by atoms with Crippen LogP contribution in [0, 0.1) is 0 Å². The van der Waals surface area contributed by atoms with Crippen LogP contribution in [0.4, 0.5) is 0 Å². The Morgan fingerprint density at radius 1 is 1.37 bits per heavy atom. The number of nitrogens with two attached hydrogens (primary N) is 1. The third-order valence-electron chi connectivity index (χ3n) is 2.44. The number of carboxylic acid groups (broad SMARTS) is 1. The molecule has 0 aliphatic carbocycles. The second kappa shape index (κ2) is 9.29. The number of hydrogen-bond acceptors (Lipinski definition) is 5. The molecule has 0 aromatic carbocycles. The number of amidine groups is 1. The molecule has 0 spiro atoms. The SMILES string of the molecule is CC(=NCCCC[C@H](NC(=O)[C@H](C)N)C(=O)O)NO. The van der Waals surface area contributed by atoms with Gasteiger partial charge in [0.15, 0.2) is 0 Å². The Bertz CT molecular complexity index is 331. The monoisotopic (exact) mass is 274 g/mol. The Morgan fingerprint density at radius 2 is 2.00 bits per heavy atom. The molecule has 8 heteroatoms. The fraction of sp³-hybridized carbons (Fsp3) is 0.727. The molecular formula is C11H22N4O4. The van der Waals surface area contributed by atoms with Crippen molar-refractivity contribution in [3.8, 4) is 0 Å². The molecule has 8 nitrogen and oxygen atoms in total. The first-order valence-electron chi connectivity index (χ1n) is 6.08. The van der Waals surface area contributed by atoms with Crippen LogP contribution < -0.4 is 16.5 Å². The Hall–Kier alpha value is -1.67. The summed E-state index contributed by atoms with van der Waals surface area (Å²) < 4.78 is 0. The lowest BCUT2D eigenvalue weighted by molar-refractivity contribution is -0.142. The van der Waals surface area contributed by atoms with E-state index in [1.807, 2.05) is 5.48 Å². The summed E-state index contributed by atoms with van der Waals surface area (Å²) in [5, 5.41) is 19.8. The van der Waals surface area contributed by atoms with Crippen molar-refractivity contribution in [3.63, 3.8) is 0 Å². The highest BCUT2D eigenvalue weighted by Crippen LogP contribution is 2.02. The second-order valence-electron chi connectivity index (χ2n) is 4.26. The van der Waals surface area contributed by atoms with Crippen LogP contribution in [0.1, 0.15) is 33.1 Å². The number of aliphatic imine (C=N–C) groups is 1. The van der Waals surface area contributed by atoms with Crippen molar-refractivity contribution in [2.24, 2.45) is 10.7 Å². The zero-order valence-corrected chi connectivity index (χ0v) is 11.2. The van der Waals surface area contributed by atoms with Crippen molar-refractivity contribution in [3.05, 3.63) is 0 Å². The van der Waals surface area contributed by atoms with Crippen LogP contribution in [0.2, 0.25) is 0 Å². The van der Waals surface area contributed by atoms with E-state index in [4.69, 9.17) is 16.0 Å². The van der Waals surface area contributed by atoms with Gasteiger partial charge in [0, 0.05) is 6.54 Å². The summed E-state index contributed by atoms with van der Waals surface area (Å²) in [6, 6.07) is -1.66. The molecule has 110 valence electrons. The van der Waals surface area contributed by atoms with Gasteiger partial charge in [-0.15, -0.1) is 0 Å². The van der Waals surface area contributed by atoms with E-state index < -0.39 is 24.0 Å². The second-order valence-corrected chi connectivity index (χ2v) is 4.26. The molecule has 0 aromatic rings. The van der Waals surface area contributed by atoms with Crippen LogP contribution in [-0.4, -0.2) is 46.7 Å². The Labute approximate surface area is 112 Å². The number of hydrogen-bond donors (Lipinski definition) is 5. The van der Waals surface area contributed by atoms with Gasteiger partial charge in [-0.2, -0.15) is 0 Å². The van der Waals surface area contributed by atoms with Gasteiger partial charge in [-0.3, -0.25) is 20.5 Å². The molecule has 0 saturated heterocycles. The summed E-state index contributed by atoms with van der Waals surface area (Å²) in [6.07, 6.45) is 1.57. The highest BCUT2D eigenvalue weighted by Gasteiger charge is 2.20. The number of rotatable bonds is 8. The maximum absolute atomic E-state index is 11.3. The number of carbonyl (C=O) groups excluding carboxylic acids is 1. The van der Waals surface area contributed by atoms with Gasteiger partial charge in [0.2, 0.25) is 5.91 Å². The summed E-state index contributed by atoms with van der Waals surface area (Å²) in [4.78, 5) is 26.2. The van der Waals surface area contributed by atoms with E-state index in [2.05, 4.69) is 10.3 Å². The van der Waals surface area contributed by atoms with E-state index in [9.17, 15) is 9.59 Å². The predicted molar refractivity (Wildman–Crippen MR) is 70.0 cm³/mol. The molecule has 0 bridgehead atoms. The average molecular weight is 274 g/mol. The average Bonchev–Trinajstić information content (AvgIpc) is 2.35. The number of amides is 1. The fourth-order valence-corrected chi connectivity index (χ4v) is 1.30. The van der Waals surface area contributed by atoms with Crippen molar-refractivity contribution in [2.75, 3.05) is 6.54 Å². The van der Waals surface area contributed by atoms with Crippen LogP contribution in [0.15, 0.2) is 4.99 Å². The first-order chi connectivity index (χ1) is 8.88. The molecule has 0 saturated carbocycles. The molecule has 0 unspecified atom stereocenters. The molecule has 0 aliphatic heterocycles. The minimum atomic E-state index is -1.08. The molecule has 0 fully saturated rings. The van der Waals surface area contributed by atoms with Crippen LogP contribution in [0.25, 0.3) is 0 Å². The van der Waals surface area contributed by atoms with Crippen LogP contribution in [-0.2, 0) is 9.59 Å². The van der Waals surface area contributed by atoms with Gasteiger partial charge in [0.25, 0.3) is 0 Å². The third-order valence-corrected chi connectivity index (χ3v) is 2.44. The normalized spacial score (nSPS) is 14.6. The standard InChI is InChI=1S/C11H22N4O4/c1-7(12)10(16)14-9(11(17)18)5-3-4-6-13-8(2)15-19/h7,9,19H,3-6,12H2,1-2H3,(H,13,15)(H,14,16)(H,17,18)/t7-,9-/m0/s1. The number of nitrogens with one attached hydrogen (secondary N) is 2. The van der Waals surface area contributed by atoms with Crippen molar-refractivity contribution >= 4 is 17.7 Å². The van der Waals surface area contributed by atoms with E-state index in [-0.39, 0.29) is 0 Å². The lowest BCUT2D eigenvalue weighted by Crippen LogP contribution is -2.47. The Kier molecular flexibility index (Phi) is 8.47. The van der Waals surface area contributed by atoms with E-state index in [0.717, 1.165) is 0 Å². The van der Waals surface area contributed by atoms with Gasteiger partial charge in [-0.05, 0) is 33.1 Å². The van der Waals surface area contributed by atoms with Crippen LogP contribution in [0.3, 0.4) is 0 Å². The lowest BCUT2D eigenvalue weighted by Gasteiger charge is -2.15. The molecule has 2 atom stereocenters. The van der Waals surface area contributed by atoms with Crippen molar-refractivity contribution in [1.29, 1.82) is 0 Å². The summed E-state index contributed by atoms with van der Waals surface area (Å²) in [6.45, 7) is 3.59. The van der Waals surface area contributed by atoms with Crippen molar-refractivity contribution < 1.29 is 19.9 Å². The summed E-state index contributed by atoms with van der Waals surface area (Å²) in [5.74, 6) is -1.16. The molecule has 6 N–H and O–H groups in total. The van der Waals surface area contributed by atoms with Crippen LogP contribution in [0.5, 0.6) is 0 Å². The van der Waals surface area contributed by atoms with Gasteiger partial charge in [-0.1, -0.05) is 0 Å². The Balaban J connectivity index is 4.03. The quantitative estimate of drug-likeness (QED) is 0.175. The lowest BCUT2D eigenvalue weighted by atomic mass is 10.1. The van der Waals surface area contributed by atoms with Crippen molar-refractivity contribution in [2.45, 2.75) is 45.2 Å². The minimum absolute atomic E-state index is 0.314. The van der Waals surface area contributed by atoms with Gasteiger partial charge < -0.3 is 16.2 Å². The highest BCUT2D eigenvalue weighted by atomic mass is 16.5. The van der Waals surface area contributed by atoms with E-state index in [0.29, 0.717) is 31.6 Å². The zero-order chi connectivity index (χ0) is 14.8. The molecule has 1 amide bonds. The van der Waals surface area contributed by atoms with E-state index in [1.165, 1.54) is 6.92 Å². The number of carboxylic acids is 1. The molecule has 0 radical (unpaired) electrons. The smallest absolute Gasteiger partial charge is 0.326 e. The maximum atomic E-state index is 11.3. The highest BCUT2D eigenvalue weighted by molar-refractivity contribution is 5.86. The van der Waals surface area contributed by atoms with Gasteiger partial charge >= 0.3 is 5.97 Å². The van der Waals surface area contributed by atoms with Gasteiger partial charge in [0.1, 0.15) is 11.9 Å². The Morgan fingerprint density at radius 3 is 2.47 bits per heavy atom. The summed E-state index contributed by atoms with van der Waals surface area (Å²) in [7, 11) is 0. The van der Waals surface area contributed by atoms with Crippen molar-refractivity contribution in [1.82, 2.24) is 10.8 Å². The molecule has 0 aromatic heterocycles. The van der Waals surface area contributed by atoms with Crippen LogP contribution >= 0.6 is 0 Å². The zero-order valence-electron chi connectivity index (χ0n) is 11.2. The number of unbranched alkanes of at least 4 members (excludes halogenated alkanes) is 1. The third kappa shape index (κ3) is 8.11. The summed E-state index contributed by atoms with van der Waals surface area (Å²) >= 11 is 0. The van der Waals surface area contributed by atoms with Gasteiger partial charge in [-0.25, -0.2) is 4.79 Å². The van der Waals surface area contributed by atoms with E-state index in [1.54, 1.807) is 6.92 Å². The minimum Gasteiger partial charge on any atom is -0.480 e. The molecular weight excluding hydrogens is 252 g/mol. The number of nitrogens with zero attached hydrogens (tertiary/aromatic N) is 1. The number of carbonyl (C=O) groups is 2. The topological polar surface area (TPSA) is 137 Å².